The molecule has 4 rings (SSSR count). The van der Waals surface area contributed by atoms with Gasteiger partial charge in [-0.3, -0.25) is 9.36 Å². The molecule has 1 aliphatic heterocycles. The van der Waals surface area contributed by atoms with Gasteiger partial charge in [-0.1, -0.05) is 12.8 Å². The molecule has 1 saturated heterocycles. The Bertz CT molecular complexity index is 891. The van der Waals surface area contributed by atoms with Gasteiger partial charge in [0.25, 0.3) is 5.91 Å². The summed E-state index contributed by atoms with van der Waals surface area (Å²) in [4.78, 5) is 40.6. The van der Waals surface area contributed by atoms with Crippen LogP contribution in [0.2, 0.25) is 0 Å². The molecule has 1 atom stereocenters. The van der Waals surface area contributed by atoms with Crippen molar-refractivity contribution in [2.75, 3.05) is 6.54 Å². The molecule has 2 aliphatic rings. The standard InChI is InChI=1S/C18H21N3O4/c22-16(20-9-3-6-15(20)17(23)24)11-7-8-14-13(10-11)19-18(25)21(14)12-4-1-2-5-12/h7-8,10,12,15H,1-6,9H2,(H,19,25)(H,23,24). The smallest absolute Gasteiger partial charge is 0.326 e. The molecule has 0 spiro atoms. The topological polar surface area (TPSA) is 95.4 Å². The van der Waals surface area contributed by atoms with Crippen molar-refractivity contribution in [3.05, 3.63) is 34.2 Å². The van der Waals surface area contributed by atoms with E-state index in [1.54, 1.807) is 22.8 Å². The van der Waals surface area contributed by atoms with Crippen LogP contribution in [0.4, 0.5) is 0 Å². The molecule has 2 N–H and O–H groups in total. The Morgan fingerprint density at radius 2 is 1.88 bits per heavy atom. The average Bonchev–Trinajstić information content (AvgIpc) is 3.31. The number of rotatable bonds is 3. The second-order valence-corrected chi connectivity index (χ2v) is 6.97. The lowest BCUT2D eigenvalue weighted by Crippen LogP contribution is -2.40. The fraction of sp³-hybridized carbons (Fsp3) is 0.500. The molecule has 1 aliphatic carbocycles. The number of amides is 1. The number of fused-ring (bicyclic) bond motifs is 1. The molecule has 25 heavy (non-hydrogen) atoms. The molecule has 1 unspecified atom stereocenters. The third-order valence-electron chi connectivity index (χ3n) is 5.45. The first-order valence-corrected chi connectivity index (χ1v) is 8.84. The quantitative estimate of drug-likeness (QED) is 0.892. The molecule has 0 radical (unpaired) electrons. The van der Waals surface area contributed by atoms with Crippen molar-refractivity contribution in [1.82, 2.24) is 14.5 Å². The predicted molar refractivity (Wildman–Crippen MR) is 91.8 cm³/mol. The number of benzene rings is 1. The largest absolute Gasteiger partial charge is 0.480 e. The zero-order valence-electron chi connectivity index (χ0n) is 13.9. The van der Waals surface area contributed by atoms with E-state index >= 15 is 0 Å². The summed E-state index contributed by atoms with van der Waals surface area (Å²) in [5.41, 5.74) is 1.72. The van der Waals surface area contributed by atoms with Gasteiger partial charge in [0, 0.05) is 18.2 Å². The van der Waals surface area contributed by atoms with Crippen LogP contribution in [0.25, 0.3) is 11.0 Å². The van der Waals surface area contributed by atoms with E-state index in [-0.39, 0.29) is 17.6 Å². The Morgan fingerprint density at radius 1 is 1.12 bits per heavy atom. The summed E-state index contributed by atoms with van der Waals surface area (Å²) in [6.07, 6.45) is 5.44. The average molecular weight is 343 g/mol. The van der Waals surface area contributed by atoms with Crippen molar-refractivity contribution < 1.29 is 14.7 Å². The van der Waals surface area contributed by atoms with Gasteiger partial charge >= 0.3 is 11.7 Å². The highest BCUT2D eigenvalue weighted by Gasteiger charge is 2.34. The highest BCUT2D eigenvalue weighted by Crippen LogP contribution is 2.31. The zero-order valence-corrected chi connectivity index (χ0v) is 13.9. The summed E-state index contributed by atoms with van der Waals surface area (Å²) in [6.45, 7) is 0.452. The van der Waals surface area contributed by atoms with Crippen molar-refractivity contribution >= 4 is 22.9 Å². The minimum Gasteiger partial charge on any atom is -0.480 e. The van der Waals surface area contributed by atoms with E-state index in [4.69, 9.17) is 0 Å². The molecule has 1 saturated carbocycles. The molecule has 2 aromatic rings. The maximum Gasteiger partial charge on any atom is 0.326 e. The number of carbonyl (C=O) groups is 2. The minimum atomic E-state index is -0.965. The Hall–Kier alpha value is -2.57. The lowest BCUT2D eigenvalue weighted by molar-refractivity contribution is -0.141. The molecular formula is C18H21N3O4. The predicted octanol–water partition coefficient (Wildman–Crippen LogP) is 2.13. The first-order chi connectivity index (χ1) is 12.1. The molecule has 2 fully saturated rings. The van der Waals surface area contributed by atoms with Gasteiger partial charge in [-0.15, -0.1) is 0 Å². The second kappa shape index (κ2) is 6.06. The first-order valence-electron chi connectivity index (χ1n) is 8.84. The number of aliphatic carboxylic acids is 1. The van der Waals surface area contributed by atoms with E-state index in [9.17, 15) is 19.5 Å². The van der Waals surface area contributed by atoms with E-state index < -0.39 is 12.0 Å². The van der Waals surface area contributed by atoms with Crippen LogP contribution >= 0.6 is 0 Å². The monoisotopic (exact) mass is 343 g/mol. The van der Waals surface area contributed by atoms with Crippen LogP contribution in [0.15, 0.2) is 23.0 Å². The first kappa shape index (κ1) is 15.9. The van der Waals surface area contributed by atoms with Crippen LogP contribution < -0.4 is 5.69 Å². The van der Waals surface area contributed by atoms with Crippen LogP contribution in [0.1, 0.15) is 54.9 Å². The molecular weight excluding hydrogens is 322 g/mol. The Labute approximate surface area is 144 Å². The van der Waals surface area contributed by atoms with E-state index in [2.05, 4.69) is 4.98 Å². The normalized spacial score (nSPS) is 21.3. The van der Waals surface area contributed by atoms with Crippen LogP contribution in [0.5, 0.6) is 0 Å². The maximum absolute atomic E-state index is 12.7. The summed E-state index contributed by atoms with van der Waals surface area (Å²) < 4.78 is 1.80. The summed E-state index contributed by atoms with van der Waals surface area (Å²) in [5, 5.41) is 9.27. The lowest BCUT2D eigenvalue weighted by Gasteiger charge is -2.21. The van der Waals surface area contributed by atoms with Crippen LogP contribution in [0, 0.1) is 0 Å². The number of aromatic amines is 1. The number of nitrogens with one attached hydrogen (secondary N) is 1. The van der Waals surface area contributed by atoms with E-state index in [0.717, 1.165) is 31.2 Å². The van der Waals surface area contributed by atoms with Gasteiger partial charge in [-0.2, -0.15) is 0 Å². The minimum absolute atomic E-state index is 0.143. The summed E-state index contributed by atoms with van der Waals surface area (Å²) in [6, 6.07) is 4.62. The molecule has 7 heteroatoms. The van der Waals surface area contributed by atoms with Gasteiger partial charge in [0.1, 0.15) is 6.04 Å². The molecule has 0 bridgehead atoms. The number of imidazole rings is 1. The highest BCUT2D eigenvalue weighted by atomic mass is 16.4. The Morgan fingerprint density at radius 3 is 2.60 bits per heavy atom. The Balaban J connectivity index is 1.69. The van der Waals surface area contributed by atoms with Gasteiger partial charge in [0.15, 0.2) is 0 Å². The zero-order chi connectivity index (χ0) is 17.6. The summed E-state index contributed by atoms with van der Waals surface area (Å²) >= 11 is 0. The van der Waals surface area contributed by atoms with Crippen molar-refractivity contribution in [3.8, 4) is 0 Å². The third kappa shape index (κ3) is 2.63. The van der Waals surface area contributed by atoms with E-state index in [1.165, 1.54) is 4.90 Å². The number of carboxylic acids is 1. The highest BCUT2D eigenvalue weighted by molar-refractivity contribution is 5.99. The van der Waals surface area contributed by atoms with Crippen molar-refractivity contribution in [2.24, 2.45) is 0 Å². The van der Waals surface area contributed by atoms with Gasteiger partial charge in [0.2, 0.25) is 0 Å². The number of likely N-dealkylation sites (tertiary alicyclic amines) is 1. The summed E-state index contributed by atoms with van der Waals surface area (Å²) in [7, 11) is 0. The number of aromatic nitrogens is 2. The van der Waals surface area contributed by atoms with Crippen molar-refractivity contribution in [1.29, 1.82) is 0 Å². The number of carbonyl (C=O) groups excluding carboxylic acids is 1. The Kier molecular flexibility index (Phi) is 3.86. The van der Waals surface area contributed by atoms with Gasteiger partial charge < -0.3 is 15.0 Å². The molecule has 7 nitrogen and oxygen atoms in total. The number of nitrogens with zero attached hydrogens (tertiary/aromatic N) is 2. The van der Waals surface area contributed by atoms with E-state index in [0.29, 0.717) is 30.5 Å². The van der Waals surface area contributed by atoms with Crippen LogP contribution in [-0.2, 0) is 4.79 Å². The molecule has 132 valence electrons. The van der Waals surface area contributed by atoms with Crippen molar-refractivity contribution in [2.45, 2.75) is 50.6 Å². The van der Waals surface area contributed by atoms with E-state index in [1.807, 2.05) is 0 Å². The molecule has 1 amide bonds. The van der Waals surface area contributed by atoms with Crippen LogP contribution in [-0.4, -0.2) is 44.0 Å². The fourth-order valence-corrected chi connectivity index (χ4v) is 4.22. The third-order valence-corrected chi connectivity index (χ3v) is 5.45. The van der Waals surface area contributed by atoms with Gasteiger partial charge in [-0.25, -0.2) is 9.59 Å². The molecule has 1 aromatic heterocycles. The summed E-state index contributed by atoms with van der Waals surface area (Å²) in [5.74, 6) is -1.26. The van der Waals surface area contributed by atoms with Crippen molar-refractivity contribution in [3.63, 3.8) is 0 Å². The maximum atomic E-state index is 12.7. The number of carboxylic acid groups (broad SMARTS) is 1. The number of hydrogen-bond donors (Lipinski definition) is 2. The van der Waals surface area contributed by atoms with Gasteiger partial charge in [0.05, 0.1) is 11.0 Å². The van der Waals surface area contributed by atoms with Crippen LogP contribution in [0.3, 0.4) is 0 Å². The van der Waals surface area contributed by atoms with Gasteiger partial charge in [-0.05, 0) is 43.9 Å². The lowest BCUT2D eigenvalue weighted by atomic mass is 10.1. The molecule has 2 heterocycles. The molecule has 1 aromatic carbocycles. The number of H-pyrrole nitrogens is 1. The second-order valence-electron chi connectivity index (χ2n) is 6.97. The SMILES string of the molecule is O=C(O)C1CCCN1C(=O)c1ccc2c(c1)[nH]c(=O)n2C1CCCC1. The number of hydrogen-bond acceptors (Lipinski definition) is 3. The fourth-order valence-electron chi connectivity index (χ4n) is 4.22.